The second-order valence-corrected chi connectivity index (χ2v) is 8.25. The zero-order valence-corrected chi connectivity index (χ0v) is 14.3. The molecule has 23 heavy (non-hydrogen) atoms. The molecule has 128 valence electrons. The number of hydrogen-bond donors (Lipinski definition) is 1. The fourth-order valence-corrected chi connectivity index (χ4v) is 5.09. The summed E-state index contributed by atoms with van der Waals surface area (Å²) in [4.78, 5) is 10.5. The van der Waals surface area contributed by atoms with E-state index in [1.165, 1.54) is 0 Å². The van der Waals surface area contributed by atoms with Crippen molar-refractivity contribution in [1.82, 2.24) is 14.7 Å². The Balaban J connectivity index is 1.69. The first-order valence-corrected chi connectivity index (χ1v) is 9.76. The van der Waals surface area contributed by atoms with Gasteiger partial charge in [0, 0.05) is 31.4 Å². The second kappa shape index (κ2) is 7.00. The molecule has 0 amide bonds. The number of methoxy groups -OCH3 is 1. The summed E-state index contributed by atoms with van der Waals surface area (Å²) in [5.74, 6) is 1.02. The molecule has 1 aliphatic heterocycles. The SMILES string of the molecule is COc1ccnc(N2CCC[C@@H](S(=O)(=O)NC3CCCC3)C2)n1. The fourth-order valence-electron chi connectivity index (χ4n) is 3.34. The van der Waals surface area contributed by atoms with Gasteiger partial charge < -0.3 is 9.64 Å². The number of ether oxygens (including phenoxy) is 1. The van der Waals surface area contributed by atoms with Crippen molar-refractivity contribution in [3.63, 3.8) is 0 Å². The van der Waals surface area contributed by atoms with Gasteiger partial charge in [0.1, 0.15) is 0 Å². The normalized spacial score (nSPS) is 23.2. The molecule has 2 aliphatic rings. The van der Waals surface area contributed by atoms with Crippen LogP contribution >= 0.6 is 0 Å². The topological polar surface area (TPSA) is 84.4 Å². The first-order valence-electron chi connectivity index (χ1n) is 8.21. The lowest BCUT2D eigenvalue weighted by molar-refractivity contribution is 0.396. The highest BCUT2D eigenvalue weighted by Gasteiger charge is 2.33. The second-order valence-electron chi connectivity index (χ2n) is 6.25. The molecule has 0 unspecified atom stereocenters. The highest BCUT2D eigenvalue weighted by Crippen LogP contribution is 2.24. The predicted octanol–water partition coefficient (Wildman–Crippen LogP) is 1.32. The molecule has 2 fully saturated rings. The third-order valence-corrected chi connectivity index (χ3v) is 6.54. The number of anilines is 1. The molecule has 1 atom stereocenters. The lowest BCUT2D eigenvalue weighted by Crippen LogP contribution is -2.48. The van der Waals surface area contributed by atoms with Crippen molar-refractivity contribution in [2.45, 2.75) is 49.8 Å². The van der Waals surface area contributed by atoms with Crippen molar-refractivity contribution in [2.24, 2.45) is 0 Å². The van der Waals surface area contributed by atoms with Crippen LogP contribution in [0, 0.1) is 0 Å². The number of nitrogens with one attached hydrogen (secondary N) is 1. The van der Waals surface area contributed by atoms with E-state index in [0.29, 0.717) is 24.8 Å². The highest BCUT2D eigenvalue weighted by molar-refractivity contribution is 7.90. The zero-order valence-electron chi connectivity index (χ0n) is 13.4. The molecule has 8 heteroatoms. The number of nitrogens with zero attached hydrogens (tertiary/aromatic N) is 3. The number of sulfonamides is 1. The smallest absolute Gasteiger partial charge is 0.228 e. The van der Waals surface area contributed by atoms with Crippen LogP contribution in [0.15, 0.2) is 12.3 Å². The van der Waals surface area contributed by atoms with Gasteiger partial charge in [0.15, 0.2) is 0 Å². The van der Waals surface area contributed by atoms with E-state index in [1.54, 1.807) is 19.4 Å². The van der Waals surface area contributed by atoms with Crippen molar-refractivity contribution in [1.29, 1.82) is 0 Å². The molecule has 1 saturated carbocycles. The molecule has 1 N–H and O–H groups in total. The summed E-state index contributed by atoms with van der Waals surface area (Å²) >= 11 is 0. The molecular formula is C15H24N4O3S. The first-order chi connectivity index (χ1) is 11.1. The summed E-state index contributed by atoms with van der Waals surface area (Å²) < 4.78 is 33.3. The molecule has 0 bridgehead atoms. The summed E-state index contributed by atoms with van der Waals surface area (Å²) in [6.07, 6.45) is 7.27. The van der Waals surface area contributed by atoms with Crippen molar-refractivity contribution in [3.05, 3.63) is 12.3 Å². The summed E-state index contributed by atoms with van der Waals surface area (Å²) in [7, 11) is -1.75. The summed E-state index contributed by atoms with van der Waals surface area (Å²) in [6, 6.07) is 1.80. The van der Waals surface area contributed by atoms with Crippen LogP contribution in [0.2, 0.25) is 0 Å². The molecule has 1 saturated heterocycles. The van der Waals surface area contributed by atoms with Gasteiger partial charge in [0.25, 0.3) is 0 Å². The van der Waals surface area contributed by atoms with Gasteiger partial charge in [-0.3, -0.25) is 0 Å². The van der Waals surface area contributed by atoms with Crippen LogP contribution in [-0.4, -0.2) is 49.9 Å². The van der Waals surface area contributed by atoms with Crippen LogP contribution in [0.1, 0.15) is 38.5 Å². The molecule has 1 aromatic rings. The Kier molecular flexibility index (Phi) is 5.01. The third kappa shape index (κ3) is 3.92. The van der Waals surface area contributed by atoms with Gasteiger partial charge in [0.05, 0.1) is 12.4 Å². The van der Waals surface area contributed by atoms with E-state index in [9.17, 15) is 8.42 Å². The minimum Gasteiger partial charge on any atom is -0.481 e. The van der Waals surface area contributed by atoms with Gasteiger partial charge in [-0.15, -0.1) is 0 Å². The van der Waals surface area contributed by atoms with Gasteiger partial charge >= 0.3 is 0 Å². The average Bonchev–Trinajstić information content (AvgIpc) is 3.07. The van der Waals surface area contributed by atoms with Crippen LogP contribution in [-0.2, 0) is 10.0 Å². The fraction of sp³-hybridized carbons (Fsp3) is 0.733. The number of rotatable bonds is 5. The van der Waals surface area contributed by atoms with E-state index in [4.69, 9.17) is 4.74 Å². The number of aromatic nitrogens is 2. The molecule has 0 aromatic carbocycles. The third-order valence-electron chi connectivity index (χ3n) is 4.61. The maximum absolute atomic E-state index is 12.6. The Morgan fingerprint density at radius 1 is 1.26 bits per heavy atom. The standard InChI is InChI=1S/C15H24N4O3S/c1-22-14-8-9-16-15(17-14)19-10-4-7-13(11-19)23(20,21)18-12-5-2-3-6-12/h8-9,12-13,18H,2-7,10-11H2,1H3/t13-/m1/s1. The summed E-state index contributed by atoms with van der Waals surface area (Å²) in [5.41, 5.74) is 0. The molecule has 1 aliphatic carbocycles. The first kappa shape index (κ1) is 16.4. The summed E-state index contributed by atoms with van der Waals surface area (Å²) in [6.45, 7) is 1.19. The molecule has 0 spiro atoms. The van der Waals surface area contributed by atoms with E-state index >= 15 is 0 Å². The van der Waals surface area contributed by atoms with Crippen molar-refractivity contribution in [2.75, 3.05) is 25.1 Å². The summed E-state index contributed by atoms with van der Waals surface area (Å²) in [5, 5.41) is -0.411. The van der Waals surface area contributed by atoms with Gasteiger partial charge in [-0.1, -0.05) is 12.8 Å². The van der Waals surface area contributed by atoms with Crippen molar-refractivity contribution >= 4 is 16.0 Å². The Labute approximate surface area is 137 Å². The largest absolute Gasteiger partial charge is 0.481 e. The Morgan fingerprint density at radius 2 is 2.04 bits per heavy atom. The minimum atomic E-state index is -3.30. The molecule has 7 nitrogen and oxygen atoms in total. The van der Waals surface area contributed by atoms with Gasteiger partial charge in [-0.25, -0.2) is 18.1 Å². The van der Waals surface area contributed by atoms with E-state index in [1.807, 2.05) is 4.90 Å². The monoisotopic (exact) mass is 340 g/mol. The molecule has 2 heterocycles. The van der Waals surface area contributed by atoms with E-state index in [-0.39, 0.29) is 6.04 Å². The van der Waals surface area contributed by atoms with Crippen LogP contribution in [0.5, 0.6) is 5.88 Å². The molecular weight excluding hydrogens is 316 g/mol. The van der Waals surface area contributed by atoms with Crippen LogP contribution in [0.25, 0.3) is 0 Å². The maximum Gasteiger partial charge on any atom is 0.228 e. The Morgan fingerprint density at radius 3 is 2.78 bits per heavy atom. The van der Waals surface area contributed by atoms with E-state index < -0.39 is 15.3 Å². The van der Waals surface area contributed by atoms with Crippen LogP contribution in [0.4, 0.5) is 5.95 Å². The average molecular weight is 340 g/mol. The van der Waals surface area contributed by atoms with Crippen LogP contribution in [0.3, 0.4) is 0 Å². The van der Waals surface area contributed by atoms with E-state index in [0.717, 1.165) is 38.6 Å². The maximum atomic E-state index is 12.6. The molecule has 0 radical (unpaired) electrons. The predicted molar refractivity (Wildman–Crippen MR) is 88.1 cm³/mol. The van der Waals surface area contributed by atoms with Gasteiger partial charge in [-0.05, 0) is 25.7 Å². The number of hydrogen-bond acceptors (Lipinski definition) is 6. The zero-order chi connectivity index (χ0) is 16.3. The quantitative estimate of drug-likeness (QED) is 0.870. The molecule has 1 aromatic heterocycles. The van der Waals surface area contributed by atoms with Gasteiger partial charge in [0.2, 0.25) is 21.9 Å². The number of piperidine rings is 1. The lowest BCUT2D eigenvalue weighted by Gasteiger charge is -2.33. The van der Waals surface area contributed by atoms with Crippen molar-refractivity contribution < 1.29 is 13.2 Å². The highest BCUT2D eigenvalue weighted by atomic mass is 32.2. The van der Waals surface area contributed by atoms with E-state index in [2.05, 4.69) is 14.7 Å². The molecule has 3 rings (SSSR count). The minimum absolute atomic E-state index is 0.114. The Bertz CT molecular complexity index is 631. The van der Waals surface area contributed by atoms with Crippen molar-refractivity contribution in [3.8, 4) is 5.88 Å². The van der Waals surface area contributed by atoms with Crippen LogP contribution < -0.4 is 14.4 Å². The lowest BCUT2D eigenvalue weighted by atomic mass is 10.1. The Hall–Kier alpha value is -1.41. The van der Waals surface area contributed by atoms with Gasteiger partial charge in [-0.2, -0.15) is 4.98 Å².